The molecule has 4 nitrogen and oxygen atoms in total. The molecule has 0 aromatic heterocycles. The van der Waals surface area contributed by atoms with Crippen molar-refractivity contribution in [3.05, 3.63) is 30.3 Å². The summed E-state index contributed by atoms with van der Waals surface area (Å²) < 4.78 is 0. The topological polar surface area (TPSA) is 44.4 Å². The van der Waals surface area contributed by atoms with Crippen LogP contribution >= 0.6 is 0 Å². The van der Waals surface area contributed by atoms with Crippen molar-refractivity contribution in [2.45, 2.75) is 51.5 Å². The second kappa shape index (κ2) is 7.35. The number of para-hydroxylation sites is 1. The highest BCUT2D eigenvalue weighted by Gasteiger charge is 2.35. The third-order valence-electron chi connectivity index (χ3n) is 5.41. The van der Waals surface area contributed by atoms with Crippen molar-refractivity contribution >= 4 is 11.7 Å². The van der Waals surface area contributed by atoms with Gasteiger partial charge in [-0.15, -0.1) is 0 Å². The minimum absolute atomic E-state index is 0.0721. The Morgan fingerprint density at radius 2 is 1.87 bits per heavy atom. The number of hydrogen-bond donors (Lipinski definition) is 2. The van der Waals surface area contributed by atoms with Crippen LogP contribution in [0.1, 0.15) is 45.4 Å². The van der Waals surface area contributed by atoms with Gasteiger partial charge in [0.25, 0.3) is 0 Å². The van der Waals surface area contributed by atoms with Crippen molar-refractivity contribution in [1.29, 1.82) is 0 Å². The van der Waals surface area contributed by atoms with Crippen LogP contribution in [0.25, 0.3) is 0 Å². The number of hydrogen-bond acceptors (Lipinski definition) is 2. The van der Waals surface area contributed by atoms with E-state index in [0.717, 1.165) is 51.0 Å². The van der Waals surface area contributed by atoms with E-state index < -0.39 is 0 Å². The highest BCUT2D eigenvalue weighted by atomic mass is 16.2. The lowest BCUT2D eigenvalue weighted by Gasteiger charge is -2.41. The fourth-order valence-corrected chi connectivity index (χ4v) is 3.90. The molecule has 1 aliphatic heterocycles. The Labute approximate surface area is 139 Å². The average Bonchev–Trinajstić information content (AvgIpc) is 3.08. The molecule has 0 radical (unpaired) electrons. The zero-order valence-corrected chi connectivity index (χ0v) is 14.2. The van der Waals surface area contributed by atoms with Crippen molar-refractivity contribution in [3.63, 3.8) is 0 Å². The predicted molar refractivity (Wildman–Crippen MR) is 94.6 cm³/mol. The van der Waals surface area contributed by atoms with Gasteiger partial charge in [-0.3, -0.25) is 0 Å². The summed E-state index contributed by atoms with van der Waals surface area (Å²) in [5, 5.41) is 6.53. The standard InChI is InChI=1S/C19H29N3O/c1-19(11-13-20-14-12-19)15-22(17-9-5-6-10-17)18(23)21-16-7-3-2-4-8-16/h2-4,7-8,17,20H,5-6,9-15H2,1H3,(H,21,23). The number of anilines is 1. The van der Waals surface area contributed by atoms with Crippen LogP contribution in [0, 0.1) is 5.41 Å². The summed E-state index contributed by atoms with van der Waals surface area (Å²) in [4.78, 5) is 15.0. The van der Waals surface area contributed by atoms with Crippen molar-refractivity contribution in [1.82, 2.24) is 10.2 Å². The largest absolute Gasteiger partial charge is 0.322 e. The van der Waals surface area contributed by atoms with Crippen LogP contribution in [0.4, 0.5) is 10.5 Å². The maximum absolute atomic E-state index is 12.9. The number of piperidine rings is 1. The molecule has 2 fully saturated rings. The Bertz CT molecular complexity index is 505. The highest BCUT2D eigenvalue weighted by Crippen LogP contribution is 2.33. The fourth-order valence-electron chi connectivity index (χ4n) is 3.90. The van der Waals surface area contributed by atoms with Crippen LogP contribution in [0.3, 0.4) is 0 Å². The molecular weight excluding hydrogens is 286 g/mol. The van der Waals surface area contributed by atoms with E-state index in [1.54, 1.807) is 0 Å². The SMILES string of the molecule is CC1(CN(C(=O)Nc2ccccc2)C2CCCC2)CCNCC1. The molecule has 1 aliphatic carbocycles. The molecule has 126 valence electrons. The van der Waals surface area contributed by atoms with Crippen molar-refractivity contribution in [2.24, 2.45) is 5.41 Å². The summed E-state index contributed by atoms with van der Waals surface area (Å²) in [5.74, 6) is 0. The van der Waals surface area contributed by atoms with Gasteiger partial charge in [-0.1, -0.05) is 38.0 Å². The van der Waals surface area contributed by atoms with Gasteiger partial charge in [-0.2, -0.15) is 0 Å². The molecule has 1 heterocycles. The van der Waals surface area contributed by atoms with E-state index in [0.29, 0.717) is 6.04 Å². The van der Waals surface area contributed by atoms with Gasteiger partial charge in [0.1, 0.15) is 0 Å². The second-order valence-electron chi connectivity index (χ2n) is 7.42. The maximum atomic E-state index is 12.9. The van der Waals surface area contributed by atoms with Crippen LogP contribution in [0.5, 0.6) is 0 Å². The van der Waals surface area contributed by atoms with E-state index in [2.05, 4.69) is 22.5 Å². The zero-order valence-electron chi connectivity index (χ0n) is 14.2. The molecule has 1 aromatic carbocycles. The monoisotopic (exact) mass is 315 g/mol. The van der Waals surface area contributed by atoms with E-state index in [1.165, 1.54) is 12.8 Å². The summed E-state index contributed by atoms with van der Waals surface area (Å²) in [7, 11) is 0. The molecule has 4 heteroatoms. The van der Waals surface area contributed by atoms with Gasteiger partial charge >= 0.3 is 6.03 Å². The number of benzene rings is 1. The average molecular weight is 315 g/mol. The molecule has 1 aromatic rings. The van der Waals surface area contributed by atoms with Gasteiger partial charge in [0, 0.05) is 18.3 Å². The molecule has 2 aliphatic rings. The summed E-state index contributed by atoms with van der Waals surface area (Å²) in [6.45, 7) is 5.34. The lowest BCUT2D eigenvalue weighted by Crippen LogP contribution is -2.49. The van der Waals surface area contributed by atoms with E-state index in [4.69, 9.17) is 0 Å². The molecule has 2 N–H and O–H groups in total. The molecule has 0 atom stereocenters. The molecule has 2 amide bonds. The molecule has 23 heavy (non-hydrogen) atoms. The van der Waals surface area contributed by atoms with Crippen molar-refractivity contribution in [3.8, 4) is 0 Å². The van der Waals surface area contributed by atoms with Crippen LogP contribution in [0.15, 0.2) is 30.3 Å². The highest BCUT2D eigenvalue weighted by molar-refractivity contribution is 5.89. The Hall–Kier alpha value is -1.55. The molecular formula is C19H29N3O. The summed E-state index contributed by atoms with van der Waals surface area (Å²) in [6.07, 6.45) is 7.09. The van der Waals surface area contributed by atoms with Gasteiger partial charge < -0.3 is 15.5 Å². The van der Waals surface area contributed by atoms with Crippen LogP contribution in [0.2, 0.25) is 0 Å². The predicted octanol–water partition coefficient (Wildman–Crippen LogP) is 3.85. The Morgan fingerprint density at radius 3 is 2.52 bits per heavy atom. The number of amides is 2. The van der Waals surface area contributed by atoms with E-state index in [1.807, 2.05) is 30.3 Å². The minimum atomic E-state index is 0.0721. The fraction of sp³-hybridized carbons (Fsp3) is 0.632. The normalized spacial score (nSPS) is 21.1. The smallest absolute Gasteiger partial charge is 0.321 e. The van der Waals surface area contributed by atoms with Crippen molar-refractivity contribution < 1.29 is 4.79 Å². The minimum Gasteiger partial charge on any atom is -0.321 e. The van der Waals surface area contributed by atoms with Crippen LogP contribution in [-0.4, -0.2) is 36.6 Å². The molecule has 0 spiro atoms. The third kappa shape index (κ3) is 4.25. The van der Waals surface area contributed by atoms with Gasteiger partial charge in [0.15, 0.2) is 0 Å². The number of nitrogens with one attached hydrogen (secondary N) is 2. The van der Waals surface area contributed by atoms with E-state index in [-0.39, 0.29) is 11.4 Å². The Kier molecular flexibility index (Phi) is 5.21. The van der Waals surface area contributed by atoms with Gasteiger partial charge in [0.2, 0.25) is 0 Å². The summed E-state index contributed by atoms with van der Waals surface area (Å²) >= 11 is 0. The molecule has 0 bridgehead atoms. The van der Waals surface area contributed by atoms with Crippen LogP contribution < -0.4 is 10.6 Å². The van der Waals surface area contributed by atoms with E-state index >= 15 is 0 Å². The lowest BCUT2D eigenvalue weighted by molar-refractivity contribution is 0.118. The van der Waals surface area contributed by atoms with E-state index in [9.17, 15) is 4.79 Å². The van der Waals surface area contributed by atoms with Gasteiger partial charge in [-0.05, 0) is 56.3 Å². The van der Waals surface area contributed by atoms with Crippen molar-refractivity contribution in [2.75, 3.05) is 25.0 Å². The second-order valence-corrected chi connectivity index (χ2v) is 7.42. The third-order valence-corrected chi connectivity index (χ3v) is 5.41. The first-order valence-electron chi connectivity index (χ1n) is 9.00. The van der Waals surface area contributed by atoms with Crippen LogP contribution in [-0.2, 0) is 0 Å². The first kappa shape index (κ1) is 16.3. The number of nitrogens with zero attached hydrogens (tertiary/aromatic N) is 1. The Balaban J connectivity index is 1.71. The first-order chi connectivity index (χ1) is 11.2. The lowest BCUT2D eigenvalue weighted by atomic mass is 9.80. The molecule has 0 unspecified atom stereocenters. The summed E-state index contributed by atoms with van der Waals surface area (Å²) in [5.41, 5.74) is 1.12. The first-order valence-corrected chi connectivity index (χ1v) is 9.00. The number of rotatable bonds is 4. The van der Waals surface area contributed by atoms with Gasteiger partial charge in [0.05, 0.1) is 0 Å². The van der Waals surface area contributed by atoms with Gasteiger partial charge in [-0.25, -0.2) is 4.79 Å². The number of urea groups is 1. The Morgan fingerprint density at radius 1 is 1.22 bits per heavy atom. The summed E-state index contributed by atoms with van der Waals surface area (Å²) in [6, 6.07) is 10.3. The molecule has 1 saturated heterocycles. The number of carbonyl (C=O) groups excluding carboxylic acids is 1. The number of carbonyl (C=O) groups is 1. The molecule has 1 saturated carbocycles. The molecule has 3 rings (SSSR count). The maximum Gasteiger partial charge on any atom is 0.322 e. The zero-order chi connectivity index (χ0) is 16.1. The quantitative estimate of drug-likeness (QED) is 0.886.